The zero-order valence-corrected chi connectivity index (χ0v) is 12.5. The molecule has 1 amide bonds. The average molecular weight is 312 g/mol. The molecule has 1 saturated heterocycles. The van der Waals surface area contributed by atoms with Crippen LogP contribution in [-0.2, 0) is 4.79 Å². The van der Waals surface area contributed by atoms with E-state index < -0.39 is 5.97 Å². The number of hydrogen-bond donors (Lipinski definition) is 1. The molecule has 0 saturated carbocycles. The molecule has 1 aliphatic rings. The van der Waals surface area contributed by atoms with E-state index in [2.05, 4.69) is 0 Å². The van der Waals surface area contributed by atoms with Crippen molar-refractivity contribution in [3.63, 3.8) is 0 Å². The third-order valence-corrected chi connectivity index (χ3v) is 3.85. The largest absolute Gasteiger partial charge is 0.491 e. The van der Waals surface area contributed by atoms with Crippen LogP contribution in [-0.4, -0.2) is 46.5 Å². The molecular weight excluding hydrogens is 294 g/mol. The van der Waals surface area contributed by atoms with Gasteiger partial charge in [0.2, 0.25) is 5.91 Å². The monoisotopic (exact) mass is 311 g/mol. The van der Waals surface area contributed by atoms with Gasteiger partial charge < -0.3 is 14.7 Å². The maximum atomic E-state index is 11.8. The average Bonchev–Trinajstić information content (AvgIpc) is 2.85. The number of ether oxygens (including phenoxy) is 1. The molecule has 21 heavy (non-hydrogen) atoms. The van der Waals surface area contributed by atoms with Gasteiger partial charge in [0.1, 0.15) is 12.4 Å². The second-order valence-corrected chi connectivity index (χ2v) is 5.64. The molecular formula is C15H18ClNO4. The van der Waals surface area contributed by atoms with Gasteiger partial charge >= 0.3 is 5.97 Å². The lowest BCUT2D eigenvalue weighted by Crippen LogP contribution is -2.38. The first-order valence-corrected chi connectivity index (χ1v) is 7.34. The maximum Gasteiger partial charge on any atom is 0.335 e. The normalized spacial score (nSPS) is 21.3. The standard InChI is InChI=1S/C15H18ClNO4/c1-2-14(18)17-8-11(16)7-12(17)9-21-13-5-3-10(4-6-13)15(19)20/h3-6,11-12H,2,7-9H2,1H3,(H,19,20)/t11-,12+/m1/s1. The summed E-state index contributed by atoms with van der Waals surface area (Å²) in [5.74, 6) is -0.308. The predicted octanol–water partition coefficient (Wildman–Crippen LogP) is 2.38. The highest BCUT2D eigenvalue weighted by Gasteiger charge is 2.33. The lowest BCUT2D eigenvalue weighted by molar-refractivity contribution is -0.132. The van der Waals surface area contributed by atoms with E-state index in [1.165, 1.54) is 12.1 Å². The molecule has 2 atom stereocenters. The lowest BCUT2D eigenvalue weighted by Gasteiger charge is -2.24. The Hall–Kier alpha value is -1.75. The molecule has 1 aromatic carbocycles. The minimum absolute atomic E-state index is 0.0286. The number of carbonyl (C=O) groups excluding carboxylic acids is 1. The first-order chi connectivity index (χ1) is 10.0. The molecule has 0 aliphatic carbocycles. The Bertz CT molecular complexity index is 517. The first kappa shape index (κ1) is 15.6. The highest BCUT2D eigenvalue weighted by Crippen LogP contribution is 2.24. The van der Waals surface area contributed by atoms with Crippen LogP contribution in [0.4, 0.5) is 0 Å². The van der Waals surface area contributed by atoms with Crippen LogP contribution in [0.25, 0.3) is 0 Å². The van der Waals surface area contributed by atoms with E-state index in [0.717, 1.165) is 0 Å². The topological polar surface area (TPSA) is 66.8 Å². The summed E-state index contributed by atoms with van der Waals surface area (Å²) in [6, 6.07) is 6.18. The number of aromatic carboxylic acids is 1. The third-order valence-electron chi connectivity index (χ3n) is 3.53. The predicted molar refractivity (Wildman–Crippen MR) is 78.9 cm³/mol. The van der Waals surface area contributed by atoms with Crippen molar-refractivity contribution in [3.05, 3.63) is 29.8 Å². The fraction of sp³-hybridized carbons (Fsp3) is 0.467. The van der Waals surface area contributed by atoms with Crippen LogP contribution in [0, 0.1) is 0 Å². The number of alkyl halides is 1. The van der Waals surface area contributed by atoms with Gasteiger partial charge in [0.25, 0.3) is 0 Å². The van der Waals surface area contributed by atoms with Gasteiger partial charge in [-0.1, -0.05) is 6.92 Å². The molecule has 0 radical (unpaired) electrons. The summed E-state index contributed by atoms with van der Waals surface area (Å²) in [5.41, 5.74) is 0.215. The molecule has 1 heterocycles. The van der Waals surface area contributed by atoms with Crippen molar-refractivity contribution >= 4 is 23.5 Å². The number of likely N-dealkylation sites (tertiary alicyclic amines) is 1. The molecule has 1 aromatic rings. The number of benzene rings is 1. The quantitative estimate of drug-likeness (QED) is 0.848. The van der Waals surface area contributed by atoms with Crippen molar-refractivity contribution in [2.75, 3.05) is 13.2 Å². The van der Waals surface area contributed by atoms with Crippen LogP contribution >= 0.6 is 11.6 Å². The van der Waals surface area contributed by atoms with Gasteiger partial charge in [-0.3, -0.25) is 4.79 Å². The van der Waals surface area contributed by atoms with Crippen molar-refractivity contribution in [2.45, 2.75) is 31.2 Å². The van der Waals surface area contributed by atoms with E-state index in [1.807, 2.05) is 6.92 Å². The Labute approximate surface area is 128 Å². The van der Waals surface area contributed by atoms with Gasteiger partial charge in [-0.2, -0.15) is 0 Å². The summed E-state index contributed by atoms with van der Waals surface area (Å²) in [6.07, 6.45) is 1.16. The fourth-order valence-electron chi connectivity index (χ4n) is 2.41. The third kappa shape index (κ3) is 3.88. The van der Waals surface area contributed by atoms with Crippen LogP contribution in [0.3, 0.4) is 0 Å². The summed E-state index contributed by atoms with van der Waals surface area (Å²) < 4.78 is 5.65. The van der Waals surface area contributed by atoms with Gasteiger partial charge in [0.05, 0.1) is 17.0 Å². The number of amides is 1. The zero-order valence-electron chi connectivity index (χ0n) is 11.8. The zero-order chi connectivity index (χ0) is 15.4. The molecule has 1 aliphatic heterocycles. The van der Waals surface area contributed by atoms with Gasteiger partial charge in [-0.15, -0.1) is 11.6 Å². The SMILES string of the molecule is CCC(=O)N1C[C@H](Cl)C[C@H]1COc1ccc(C(=O)O)cc1. The minimum atomic E-state index is -0.970. The van der Waals surface area contributed by atoms with E-state index in [-0.39, 0.29) is 22.9 Å². The van der Waals surface area contributed by atoms with Crippen molar-refractivity contribution < 1.29 is 19.4 Å². The Morgan fingerprint density at radius 1 is 1.38 bits per heavy atom. The van der Waals surface area contributed by atoms with E-state index in [4.69, 9.17) is 21.4 Å². The highest BCUT2D eigenvalue weighted by molar-refractivity contribution is 6.21. The van der Waals surface area contributed by atoms with E-state index in [9.17, 15) is 9.59 Å². The Morgan fingerprint density at radius 3 is 2.62 bits per heavy atom. The van der Waals surface area contributed by atoms with Crippen LogP contribution < -0.4 is 4.74 Å². The first-order valence-electron chi connectivity index (χ1n) is 6.91. The summed E-state index contributed by atoms with van der Waals surface area (Å²) in [7, 11) is 0. The number of halogens is 1. The molecule has 6 heteroatoms. The van der Waals surface area contributed by atoms with Gasteiger partial charge in [0.15, 0.2) is 0 Å². The summed E-state index contributed by atoms with van der Waals surface area (Å²) in [4.78, 5) is 24.4. The van der Waals surface area contributed by atoms with Gasteiger partial charge in [-0.05, 0) is 30.7 Å². The number of carbonyl (C=O) groups is 2. The number of nitrogens with zero attached hydrogens (tertiary/aromatic N) is 1. The molecule has 0 unspecified atom stereocenters. The number of carboxylic acids is 1. The van der Waals surface area contributed by atoms with E-state index >= 15 is 0 Å². The fourth-order valence-corrected chi connectivity index (χ4v) is 2.77. The molecule has 1 fully saturated rings. The summed E-state index contributed by atoms with van der Waals surface area (Å²) >= 11 is 6.13. The lowest BCUT2D eigenvalue weighted by atomic mass is 10.2. The Morgan fingerprint density at radius 2 is 2.05 bits per heavy atom. The van der Waals surface area contributed by atoms with Gasteiger partial charge in [0, 0.05) is 13.0 Å². The number of rotatable bonds is 5. The molecule has 0 spiro atoms. The molecule has 1 N–H and O–H groups in total. The Kier molecular flexibility index (Phi) is 5.07. The second kappa shape index (κ2) is 6.80. The smallest absolute Gasteiger partial charge is 0.335 e. The number of hydrogen-bond acceptors (Lipinski definition) is 3. The molecule has 114 valence electrons. The van der Waals surface area contributed by atoms with Crippen molar-refractivity contribution in [1.29, 1.82) is 0 Å². The molecule has 0 bridgehead atoms. The van der Waals surface area contributed by atoms with Crippen LogP contribution in [0.15, 0.2) is 24.3 Å². The Balaban J connectivity index is 1.95. The summed E-state index contributed by atoms with van der Waals surface area (Å²) in [6.45, 7) is 2.74. The van der Waals surface area contributed by atoms with Crippen LogP contribution in [0.2, 0.25) is 0 Å². The van der Waals surface area contributed by atoms with Crippen molar-refractivity contribution in [3.8, 4) is 5.75 Å². The van der Waals surface area contributed by atoms with Crippen molar-refractivity contribution in [1.82, 2.24) is 4.90 Å². The van der Waals surface area contributed by atoms with Gasteiger partial charge in [-0.25, -0.2) is 4.79 Å². The molecule has 2 rings (SSSR count). The second-order valence-electron chi connectivity index (χ2n) is 5.03. The van der Waals surface area contributed by atoms with E-state index in [1.54, 1.807) is 17.0 Å². The number of carboxylic acid groups (broad SMARTS) is 1. The van der Waals surface area contributed by atoms with Crippen LogP contribution in [0.5, 0.6) is 5.75 Å². The van der Waals surface area contributed by atoms with Crippen molar-refractivity contribution in [2.24, 2.45) is 0 Å². The molecule has 0 aromatic heterocycles. The molecule has 5 nitrogen and oxygen atoms in total. The maximum absolute atomic E-state index is 11.8. The van der Waals surface area contributed by atoms with E-state index in [0.29, 0.717) is 31.7 Å². The highest BCUT2D eigenvalue weighted by atomic mass is 35.5. The minimum Gasteiger partial charge on any atom is -0.491 e. The summed E-state index contributed by atoms with van der Waals surface area (Å²) in [5, 5.41) is 8.79. The van der Waals surface area contributed by atoms with Crippen LogP contribution in [0.1, 0.15) is 30.1 Å².